The highest BCUT2D eigenvalue weighted by atomic mass is 32.2. The summed E-state index contributed by atoms with van der Waals surface area (Å²) in [7, 11) is -3.28. The molecule has 0 bridgehead atoms. The van der Waals surface area contributed by atoms with E-state index in [0.717, 1.165) is 25.7 Å². The Kier molecular flexibility index (Phi) is 7.10. The first kappa shape index (κ1) is 23.3. The molecule has 1 aromatic carbocycles. The van der Waals surface area contributed by atoms with Crippen molar-refractivity contribution >= 4 is 16.0 Å². The molecule has 0 amide bonds. The van der Waals surface area contributed by atoms with E-state index in [1.165, 1.54) is 18.2 Å². The Morgan fingerprint density at radius 3 is 2.52 bits per heavy atom. The van der Waals surface area contributed by atoms with Gasteiger partial charge >= 0.3 is 12.4 Å². The zero-order valence-corrected chi connectivity index (χ0v) is 18.0. The molecule has 1 aliphatic carbocycles. The second-order valence-corrected chi connectivity index (χ2v) is 10.1. The number of nitrogens with one attached hydrogen (secondary N) is 2. The standard InChI is InChI=1S/C19H25F3N4O4S/c1-12(2)31(27,28)23-11-13-7-9-14(10-8-13)24-18-25-17(26-30-18)15-5-3-4-6-16(15)29-19(20,21)22/h3-6,12-14,23H,7-11H2,1-2H3,(H,24,25,26)/t13-,14-. The van der Waals surface area contributed by atoms with Crippen LogP contribution >= 0.6 is 0 Å². The van der Waals surface area contributed by atoms with Crippen molar-refractivity contribution in [1.29, 1.82) is 0 Å². The number of sulfonamides is 1. The Balaban J connectivity index is 1.55. The normalized spacial score (nSPS) is 20.1. The smallest absolute Gasteiger partial charge is 0.405 e. The molecule has 0 spiro atoms. The van der Waals surface area contributed by atoms with Gasteiger partial charge in [0.2, 0.25) is 15.8 Å². The number of aromatic nitrogens is 2. The third-order valence-corrected chi connectivity index (χ3v) is 6.96. The van der Waals surface area contributed by atoms with Crippen LogP contribution in [0.3, 0.4) is 0 Å². The van der Waals surface area contributed by atoms with Gasteiger partial charge in [0.25, 0.3) is 0 Å². The molecule has 172 valence electrons. The molecular weight excluding hydrogens is 437 g/mol. The fourth-order valence-electron chi connectivity index (χ4n) is 3.34. The van der Waals surface area contributed by atoms with Crippen molar-refractivity contribution in [3.05, 3.63) is 24.3 Å². The fraction of sp³-hybridized carbons (Fsp3) is 0.579. The van der Waals surface area contributed by atoms with Crippen molar-refractivity contribution < 1.29 is 30.8 Å². The van der Waals surface area contributed by atoms with E-state index in [-0.39, 0.29) is 29.4 Å². The van der Waals surface area contributed by atoms with Gasteiger partial charge in [0.1, 0.15) is 5.75 Å². The maximum absolute atomic E-state index is 12.6. The zero-order chi connectivity index (χ0) is 22.6. The molecule has 1 aromatic heterocycles. The maximum Gasteiger partial charge on any atom is 0.573 e. The molecule has 0 radical (unpaired) electrons. The van der Waals surface area contributed by atoms with Gasteiger partial charge in [-0.25, -0.2) is 13.1 Å². The van der Waals surface area contributed by atoms with Gasteiger partial charge in [-0.05, 0) is 57.6 Å². The summed E-state index contributed by atoms with van der Waals surface area (Å²) < 4.78 is 73.4. The van der Waals surface area contributed by atoms with Gasteiger partial charge in [-0.15, -0.1) is 13.2 Å². The quantitative estimate of drug-likeness (QED) is 0.612. The van der Waals surface area contributed by atoms with Crippen LogP contribution in [0.15, 0.2) is 28.8 Å². The number of alkyl halides is 3. The van der Waals surface area contributed by atoms with Crippen LogP contribution in [0.4, 0.5) is 19.2 Å². The molecule has 1 aliphatic rings. The van der Waals surface area contributed by atoms with E-state index in [2.05, 4.69) is 24.9 Å². The molecule has 1 fully saturated rings. The van der Waals surface area contributed by atoms with Crippen molar-refractivity contribution in [2.45, 2.75) is 57.2 Å². The van der Waals surface area contributed by atoms with Gasteiger partial charge in [0.15, 0.2) is 0 Å². The van der Waals surface area contributed by atoms with E-state index in [9.17, 15) is 21.6 Å². The first-order chi connectivity index (χ1) is 14.5. The summed E-state index contributed by atoms with van der Waals surface area (Å²) in [5.74, 6) is -0.179. The van der Waals surface area contributed by atoms with Crippen LogP contribution in [0.2, 0.25) is 0 Å². The maximum atomic E-state index is 12.6. The molecular formula is C19H25F3N4O4S. The van der Waals surface area contributed by atoms with Crippen LogP contribution in [0.5, 0.6) is 5.75 Å². The Morgan fingerprint density at radius 1 is 1.19 bits per heavy atom. The number of nitrogens with zero attached hydrogens (tertiary/aromatic N) is 2. The van der Waals surface area contributed by atoms with Crippen molar-refractivity contribution in [3.8, 4) is 17.1 Å². The Hall–Kier alpha value is -2.34. The van der Waals surface area contributed by atoms with Crippen LogP contribution in [-0.4, -0.2) is 42.8 Å². The summed E-state index contributed by atoms with van der Waals surface area (Å²) in [6, 6.07) is 5.73. The molecule has 2 N–H and O–H groups in total. The van der Waals surface area contributed by atoms with Crippen LogP contribution < -0.4 is 14.8 Å². The van der Waals surface area contributed by atoms with E-state index in [4.69, 9.17) is 4.52 Å². The van der Waals surface area contributed by atoms with Crippen LogP contribution in [-0.2, 0) is 10.0 Å². The average molecular weight is 462 g/mol. The average Bonchev–Trinajstić information content (AvgIpc) is 3.15. The van der Waals surface area contributed by atoms with Gasteiger partial charge in [-0.3, -0.25) is 0 Å². The van der Waals surface area contributed by atoms with E-state index in [1.807, 2.05) is 0 Å². The monoisotopic (exact) mass is 462 g/mol. The number of benzene rings is 1. The second-order valence-electron chi connectivity index (χ2n) is 7.77. The van der Waals surface area contributed by atoms with Gasteiger partial charge in [0.05, 0.1) is 10.8 Å². The fourth-order valence-corrected chi connectivity index (χ4v) is 4.14. The number of hydrogen-bond acceptors (Lipinski definition) is 7. The molecule has 1 heterocycles. The third-order valence-electron chi connectivity index (χ3n) is 5.15. The van der Waals surface area contributed by atoms with E-state index in [0.29, 0.717) is 6.54 Å². The lowest BCUT2D eigenvalue weighted by atomic mass is 9.86. The van der Waals surface area contributed by atoms with Gasteiger partial charge in [0, 0.05) is 12.6 Å². The third kappa shape index (κ3) is 6.57. The number of halogens is 3. The zero-order valence-electron chi connectivity index (χ0n) is 17.1. The predicted octanol–water partition coefficient (Wildman–Crippen LogP) is 3.93. The molecule has 0 atom stereocenters. The van der Waals surface area contributed by atoms with Crippen LogP contribution in [0, 0.1) is 5.92 Å². The highest BCUT2D eigenvalue weighted by Gasteiger charge is 2.33. The molecule has 0 unspecified atom stereocenters. The molecule has 31 heavy (non-hydrogen) atoms. The molecule has 3 rings (SSSR count). The van der Waals surface area contributed by atoms with Gasteiger partial charge < -0.3 is 14.6 Å². The SMILES string of the molecule is CC(C)S(=O)(=O)NC[C@H]1CC[C@H](Nc2nc(-c3ccccc3OC(F)(F)F)no2)CC1. The number of hydrogen-bond donors (Lipinski definition) is 2. The van der Waals surface area contributed by atoms with Crippen LogP contribution in [0.1, 0.15) is 39.5 Å². The van der Waals surface area contributed by atoms with Gasteiger partial charge in [-0.2, -0.15) is 4.98 Å². The summed E-state index contributed by atoms with van der Waals surface area (Å²) in [5, 5.41) is 6.40. The highest BCUT2D eigenvalue weighted by molar-refractivity contribution is 7.90. The summed E-state index contributed by atoms with van der Waals surface area (Å²) in [5.41, 5.74) is 0.0674. The van der Waals surface area contributed by atoms with Crippen molar-refractivity contribution in [3.63, 3.8) is 0 Å². The Labute approximate surface area is 178 Å². The molecule has 8 nitrogen and oxygen atoms in total. The van der Waals surface area contributed by atoms with E-state index in [1.54, 1.807) is 19.9 Å². The summed E-state index contributed by atoms with van der Waals surface area (Å²) in [6.45, 7) is 3.68. The highest BCUT2D eigenvalue weighted by Crippen LogP contribution is 2.33. The van der Waals surface area contributed by atoms with Gasteiger partial charge in [-0.1, -0.05) is 17.3 Å². The minimum atomic E-state index is -4.83. The van der Waals surface area contributed by atoms with Crippen LogP contribution in [0.25, 0.3) is 11.4 Å². The van der Waals surface area contributed by atoms with E-state index >= 15 is 0 Å². The first-order valence-electron chi connectivity index (χ1n) is 9.97. The van der Waals surface area contributed by atoms with Crippen molar-refractivity contribution in [2.24, 2.45) is 5.92 Å². The number of ether oxygens (including phenoxy) is 1. The lowest BCUT2D eigenvalue weighted by Crippen LogP contribution is -2.37. The summed E-state index contributed by atoms with van der Waals surface area (Å²) in [6.07, 6.45) is -1.63. The second kappa shape index (κ2) is 9.43. The Morgan fingerprint density at radius 2 is 1.87 bits per heavy atom. The number of rotatable bonds is 8. The predicted molar refractivity (Wildman–Crippen MR) is 108 cm³/mol. The molecule has 12 heteroatoms. The summed E-state index contributed by atoms with van der Waals surface area (Å²) >= 11 is 0. The number of para-hydroxylation sites is 1. The molecule has 1 saturated carbocycles. The van der Waals surface area contributed by atoms with Crippen molar-refractivity contribution in [1.82, 2.24) is 14.9 Å². The minimum absolute atomic E-state index is 0.0147. The Bertz CT molecular complexity index is 971. The summed E-state index contributed by atoms with van der Waals surface area (Å²) in [4.78, 5) is 4.14. The molecule has 0 saturated heterocycles. The van der Waals surface area contributed by atoms with Crippen molar-refractivity contribution in [2.75, 3.05) is 11.9 Å². The minimum Gasteiger partial charge on any atom is -0.405 e. The van der Waals surface area contributed by atoms with E-state index < -0.39 is 27.4 Å². The lowest BCUT2D eigenvalue weighted by Gasteiger charge is -2.28. The topological polar surface area (TPSA) is 106 Å². The number of anilines is 1. The molecule has 0 aliphatic heterocycles. The lowest BCUT2D eigenvalue weighted by molar-refractivity contribution is -0.274. The first-order valence-corrected chi connectivity index (χ1v) is 11.5. The largest absolute Gasteiger partial charge is 0.573 e. The molecule has 2 aromatic rings.